The first-order chi connectivity index (χ1) is 6.87. The first-order valence-corrected chi connectivity index (χ1v) is 6.89. The maximum Gasteiger partial charge on any atom is 0.214 e. The highest BCUT2D eigenvalue weighted by molar-refractivity contribution is 7.89. The highest BCUT2D eigenvalue weighted by Gasteiger charge is 2.32. The van der Waals surface area contributed by atoms with Crippen LogP contribution in [0.15, 0.2) is 0 Å². The van der Waals surface area contributed by atoms with E-state index < -0.39 is 15.6 Å². The van der Waals surface area contributed by atoms with Crippen LogP contribution in [0.1, 0.15) is 26.2 Å². The monoisotopic (exact) mass is 236 g/mol. The van der Waals surface area contributed by atoms with Crippen LogP contribution in [-0.4, -0.2) is 48.8 Å². The molecule has 0 saturated carbocycles. The number of nitrogens with zero attached hydrogens (tertiary/aromatic N) is 1. The van der Waals surface area contributed by atoms with E-state index >= 15 is 0 Å². The Balaban J connectivity index is 2.52. The van der Waals surface area contributed by atoms with Crippen molar-refractivity contribution < 1.29 is 13.5 Å². The lowest BCUT2D eigenvalue weighted by atomic mass is 9.95. The van der Waals surface area contributed by atoms with E-state index in [4.69, 9.17) is 5.73 Å². The summed E-state index contributed by atoms with van der Waals surface area (Å²) in [6.45, 7) is 2.97. The molecule has 0 amide bonds. The van der Waals surface area contributed by atoms with E-state index in [0.717, 1.165) is 0 Å². The number of piperidine rings is 1. The van der Waals surface area contributed by atoms with Gasteiger partial charge in [-0.1, -0.05) is 0 Å². The van der Waals surface area contributed by atoms with Crippen LogP contribution in [0, 0.1) is 0 Å². The molecule has 5 nitrogen and oxygen atoms in total. The Morgan fingerprint density at radius 2 is 1.93 bits per heavy atom. The third kappa shape index (κ3) is 3.71. The van der Waals surface area contributed by atoms with Crippen molar-refractivity contribution in [3.05, 3.63) is 0 Å². The zero-order chi connectivity index (χ0) is 11.5. The molecule has 0 atom stereocenters. The third-order valence-corrected chi connectivity index (χ3v) is 4.76. The van der Waals surface area contributed by atoms with Crippen LogP contribution in [0.4, 0.5) is 0 Å². The van der Waals surface area contributed by atoms with E-state index in [9.17, 15) is 13.5 Å². The van der Waals surface area contributed by atoms with Gasteiger partial charge in [0.2, 0.25) is 10.0 Å². The number of sulfonamides is 1. The summed E-state index contributed by atoms with van der Waals surface area (Å²) in [5, 5.41) is 9.69. The second-order valence-electron chi connectivity index (χ2n) is 4.35. The summed E-state index contributed by atoms with van der Waals surface area (Å²) in [5.41, 5.74) is 4.58. The van der Waals surface area contributed by atoms with Crippen LogP contribution in [-0.2, 0) is 10.0 Å². The fourth-order valence-corrected chi connectivity index (χ4v) is 3.17. The molecule has 6 heteroatoms. The zero-order valence-corrected chi connectivity index (χ0v) is 9.96. The topological polar surface area (TPSA) is 83.6 Å². The van der Waals surface area contributed by atoms with Crippen molar-refractivity contribution in [1.82, 2.24) is 4.31 Å². The second-order valence-corrected chi connectivity index (χ2v) is 6.44. The molecular weight excluding hydrogens is 216 g/mol. The van der Waals surface area contributed by atoms with Crippen molar-refractivity contribution >= 4 is 10.0 Å². The van der Waals surface area contributed by atoms with Crippen molar-refractivity contribution in [2.75, 3.05) is 25.4 Å². The Kier molecular flexibility index (Phi) is 4.11. The van der Waals surface area contributed by atoms with Crippen LogP contribution in [0.5, 0.6) is 0 Å². The van der Waals surface area contributed by atoms with Crippen LogP contribution in [0.3, 0.4) is 0 Å². The Labute approximate surface area is 91.3 Å². The fraction of sp³-hybridized carbons (Fsp3) is 1.00. The molecule has 0 bridgehead atoms. The Bertz CT molecular complexity index is 290. The van der Waals surface area contributed by atoms with E-state index in [0.29, 0.717) is 38.9 Å². The van der Waals surface area contributed by atoms with Gasteiger partial charge in [-0.2, -0.15) is 0 Å². The number of nitrogens with two attached hydrogens (primary N) is 1. The molecule has 0 unspecified atom stereocenters. The summed E-state index contributed by atoms with van der Waals surface area (Å²) in [6, 6.07) is 0. The van der Waals surface area contributed by atoms with Crippen molar-refractivity contribution in [3.63, 3.8) is 0 Å². The molecule has 1 saturated heterocycles. The summed E-state index contributed by atoms with van der Waals surface area (Å²) in [5.74, 6) is 0.117. The van der Waals surface area contributed by atoms with Gasteiger partial charge in [-0.3, -0.25) is 0 Å². The molecule has 0 spiro atoms. The van der Waals surface area contributed by atoms with E-state index in [2.05, 4.69) is 0 Å². The molecule has 0 aromatic carbocycles. The predicted octanol–water partition coefficient (Wildman–Crippen LogP) is -0.488. The lowest BCUT2D eigenvalue weighted by Crippen LogP contribution is -2.45. The summed E-state index contributed by atoms with van der Waals surface area (Å²) in [7, 11) is -3.15. The van der Waals surface area contributed by atoms with Gasteiger partial charge < -0.3 is 10.8 Å². The molecule has 1 fully saturated rings. The second kappa shape index (κ2) is 4.78. The van der Waals surface area contributed by atoms with Gasteiger partial charge in [-0.25, -0.2) is 12.7 Å². The Hall–Kier alpha value is -0.170. The average molecular weight is 236 g/mol. The Morgan fingerprint density at radius 3 is 2.40 bits per heavy atom. The number of rotatable bonds is 4. The van der Waals surface area contributed by atoms with Gasteiger partial charge in [-0.05, 0) is 32.7 Å². The molecule has 0 aromatic heterocycles. The van der Waals surface area contributed by atoms with Crippen LogP contribution < -0.4 is 5.73 Å². The molecule has 15 heavy (non-hydrogen) atoms. The van der Waals surface area contributed by atoms with Gasteiger partial charge in [-0.15, -0.1) is 0 Å². The van der Waals surface area contributed by atoms with Crippen molar-refractivity contribution in [3.8, 4) is 0 Å². The highest BCUT2D eigenvalue weighted by atomic mass is 32.2. The number of aliphatic hydroxyl groups is 1. The van der Waals surface area contributed by atoms with Gasteiger partial charge in [0, 0.05) is 13.1 Å². The summed E-state index contributed by atoms with van der Waals surface area (Å²) < 4.78 is 24.9. The van der Waals surface area contributed by atoms with E-state index in [1.165, 1.54) is 4.31 Å². The molecule has 1 aliphatic heterocycles. The third-order valence-electron chi connectivity index (χ3n) is 2.80. The smallest absolute Gasteiger partial charge is 0.214 e. The highest BCUT2D eigenvalue weighted by Crippen LogP contribution is 2.23. The maximum atomic E-state index is 11.7. The van der Waals surface area contributed by atoms with Crippen LogP contribution in [0.25, 0.3) is 0 Å². The maximum absolute atomic E-state index is 11.7. The fourth-order valence-electron chi connectivity index (χ4n) is 1.64. The van der Waals surface area contributed by atoms with Gasteiger partial charge in [0.25, 0.3) is 0 Å². The predicted molar refractivity (Wildman–Crippen MR) is 58.9 cm³/mol. The average Bonchev–Trinajstić information content (AvgIpc) is 2.14. The summed E-state index contributed by atoms with van der Waals surface area (Å²) in [4.78, 5) is 0. The van der Waals surface area contributed by atoms with Crippen molar-refractivity contribution in [2.24, 2.45) is 5.73 Å². The first-order valence-electron chi connectivity index (χ1n) is 5.28. The van der Waals surface area contributed by atoms with Crippen molar-refractivity contribution in [1.29, 1.82) is 0 Å². The van der Waals surface area contributed by atoms with Crippen molar-refractivity contribution in [2.45, 2.75) is 31.8 Å². The zero-order valence-electron chi connectivity index (χ0n) is 9.15. The minimum atomic E-state index is -3.15. The van der Waals surface area contributed by atoms with Gasteiger partial charge in [0.15, 0.2) is 0 Å². The summed E-state index contributed by atoms with van der Waals surface area (Å²) >= 11 is 0. The van der Waals surface area contributed by atoms with Gasteiger partial charge >= 0.3 is 0 Å². The van der Waals surface area contributed by atoms with E-state index in [-0.39, 0.29) is 5.75 Å². The lowest BCUT2D eigenvalue weighted by molar-refractivity contribution is 0.0126. The van der Waals surface area contributed by atoms with E-state index in [1.807, 2.05) is 0 Å². The molecular formula is C9H20N2O3S. The first kappa shape index (κ1) is 12.9. The largest absolute Gasteiger partial charge is 0.390 e. The molecule has 1 rings (SSSR count). The van der Waals surface area contributed by atoms with Gasteiger partial charge in [0.1, 0.15) is 0 Å². The molecule has 0 aliphatic carbocycles. The standard InChI is InChI=1S/C9H20N2O3S/c1-9(12)3-6-11(7-4-9)15(13,14)8-2-5-10/h12H,2-8,10H2,1H3. The van der Waals surface area contributed by atoms with E-state index in [1.54, 1.807) is 6.92 Å². The molecule has 0 radical (unpaired) electrons. The molecule has 90 valence electrons. The number of hydrogen-bond acceptors (Lipinski definition) is 4. The van der Waals surface area contributed by atoms with Gasteiger partial charge in [0.05, 0.1) is 11.4 Å². The minimum absolute atomic E-state index is 0.117. The quantitative estimate of drug-likeness (QED) is 0.690. The molecule has 0 aromatic rings. The summed E-state index contributed by atoms with van der Waals surface area (Å²) in [6.07, 6.45) is 1.51. The Morgan fingerprint density at radius 1 is 1.40 bits per heavy atom. The number of hydrogen-bond donors (Lipinski definition) is 2. The molecule has 3 N–H and O–H groups in total. The SMILES string of the molecule is CC1(O)CCN(S(=O)(=O)CCCN)CC1. The minimum Gasteiger partial charge on any atom is -0.390 e. The van der Waals surface area contributed by atoms with Crippen LogP contribution >= 0.6 is 0 Å². The van der Waals surface area contributed by atoms with Crippen LogP contribution in [0.2, 0.25) is 0 Å². The molecule has 1 heterocycles. The molecule has 1 aliphatic rings. The normalized spacial score (nSPS) is 22.9. The lowest BCUT2D eigenvalue weighted by Gasteiger charge is -2.34.